The van der Waals surface area contributed by atoms with Gasteiger partial charge in [-0.25, -0.2) is 9.97 Å². The molecule has 0 amide bonds. The Morgan fingerprint density at radius 2 is 1.75 bits per heavy atom. The highest BCUT2D eigenvalue weighted by Gasteiger charge is 2.43. The minimum atomic E-state index is -0.331. The standard InChI is InChI=1S/C20H28N6O2/c27-16-2-6-24(7-3-16)19-1-4-22-20(23-19)26-11-14-9-17(25-8-5-21-13-25)18(28)10-15(14)12-26/h1,4-5,8,13-18,27-28H,2-3,6-7,9-12H2/t14-,15+,17-,18-/m1/s1. The van der Waals surface area contributed by atoms with Crippen LogP contribution in [-0.2, 0) is 0 Å². The molecule has 2 saturated heterocycles. The van der Waals surface area contributed by atoms with E-state index in [1.165, 1.54) is 0 Å². The summed E-state index contributed by atoms with van der Waals surface area (Å²) in [6.07, 6.45) is 10.2. The molecule has 4 atom stereocenters. The van der Waals surface area contributed by atoms with Crippen LogP contribution in [0.25, 0.3) is 0 Å². The van der Waals surface area contributed by atoms with Gasteiger partial charge in [0.05, 0.1) is 24.6 Å². The van der Waals surface area contributed by atoms with Crippen LogP contribution in [0.15, 0.2) is 31.0 Å². The number of imidazole rings is 1. The highest BCUT2D eigenvalue weighted by Crippen LogP contribution is 2.42. The van der Waals surface area contributed by atoms with Gasteiger partial charge in [0.25, 0.3) is 0 Å². The Morgan fingerprint density at radius 1 is 0.964 bits per heavy atom. The second kappa shape index (κ2) is 7.33. The molecule has 150 valence electrons. The minimum Gasteiger partial charge on any atom is -0.393 e. The fraction of sp³-hybridized carbons (Fsp3) is 0.650. The molecule has 0 radical (unpaired) electrons. The minimum absolute atomic E-state index is 0.107. The normalized spacial score (nSPS) is 31.2. The Bertz CT molecular complexity index is 792. The zero-order valence-corrected chi connectivity index (χ0v) is 16.0. The molecule has 4 heterocycles. The van der Waals surface area contributed by atoms with Gasteiger partial charge in [-0.15, -0.1) is 0 Å². The van der Waals surface area contributed by atoms with E-state index in [1.807, 2.05) is 29.4 Å². The van der Waals surface area contributed by atoms with Gasteiger partial charge >= 0.3 is 0 Å². The Kier molecular flexibility index (Phi) is 4.68. The molecule has 1 aliphatic carbocycles. The summed E-state index contributed by atoms with van der Waals surface area (Å²) in [7, 11) is 0. The molecule has 0 aromatic carbocycles. The lowest BCUT2D eigenvalue weighted by Crippen LogP contribution is -2.36. The SMILES string of the molecule is OC1CCN(c2ccnc(N3C[C@H]4C[C@@H](n5ccnc5)[C@H](O)C[C@H]4C3)n2)CC1. The Labute approximate surface area is 164 Å². The van der Waals surface area contributed by atoms with Crippen LogP contribution >= 0.6 is 0 Å². The first kappa shape index (κ1) is 17.9. The van der Waals surface area contributed by atoms with E-state index >= 15 is 0 Å². The van der Waals surface area contributed by atoms with E-state index in [0.717, 1.165) is 63.6 Å². The molecule has 0 spiro atoms. The summed E-state index contributed by atoms with van der Waals surface area (Å²) in [5.74, 6) is 2.75. The predicted molar refractivity (Wildman–Crippen MR) is 105 cm³/mol. The fourth-order valence-electron chi connectivity index (χ4n) is 5.12. The average molecular weight is 384 g/mol. The lowest BCUT2D eigenvalue weighted by Gasteiger charge is -2.35. The van der Waals surface area contributed by atoms with Crippen molar-refractivity contribution in [2.24, 2.45) is 11.8 Å². The van der Waals surface area contributed by atoms with E-state index in [0.29, 0.717) is 11.8 Å². The summed E-state index contributed by atoms with van der Waals surface area (Å²) in [6, 6.07) is 2.07. The summed E-state index contributed by atoms with van der Waals surface area (Å²) in [5, 5.41) is 20.4. The maximum Gasteiger partial charge on any atom is 0.227 e. The number of hydrogen-bond donors (Lipinski definition) is 2. The van der Waals surface area contributed by atoms with Crippen molar-refractivity contribution in [3.05, 3.63) is 31.0 Å². The average Bonchev–Trinajstić information content (AvgIpc) is 3.37. The largest absolute Gasteiger partial charge is 0.393 e. The third kappa shape index (κ3) is 3.35. The van der Waals surface area contributed by atoms with Gasteiger partial charge in [0.15, 0.2) is 0 Å². The van der Waals surface area contributed by atoms with Gasteiger partial charge < -0.3 is 24.6 Å². The van der Waals surface area contributed by atoms with Gasteiger partial charge in [0.1, 0.15) is 5.82 Å². The van der Waals surface area contributed by atoms with Crippen LogP contribution < -0.4 is 9.80 Å². The van der Waals surface area contributed by atoms with Crippen molar-refractivity contribution in [1.82, 2.24) is 19.5 Å². The number of aromatic nitrogens is 4. The fourth-order valence-corrected chi connectivity index (χ4v) is 5.12. The lowest BCUT2D eigenvalue weighted by atomic mass is 9.77. The smallest absolute Gasteiger partial charge is 0.227 e. The molecule has 3 aliphatic rings. The number of fused-ring (bicyclic) bond motifs is 1. The topological polar surface area (TPSA) is 90.5 Å². The zero-order chi connectivity index (χ0) is 19.1. The van der Waals surface area contributed by atoms with Crippen LogP contribution in [-0.4, -0.2) is 68.1 Å². The first-order valence-corrected chi connectivity index (χ1v) is 10.3. The molecular formula is C20H28N6O2. The van der Waals surface area contributed by atoms with E-state index < -0.39 is 0 Å². The molecule has 2 N–H and O–H groups in total. The Balaban J connectivity index is 1.29. The van der Waals surface area contributed by atoms with E-state index in [-0.39, 0.29) is 18.2 Å². The van der Waals surface area contributed by atoms with Gasteiger partial charge in [0.2, 0.25) is 5.95 Å². The third-order valence-electron chi connectivity index (χ3n) is 6.72. The van der Waals surface area contributed by atoms with Gasteiger partial charge in [-0.1, -0.05) is 0 Å². The van der Waals surface area contributed by atoms with Crippen molar-refractivity contribution in [1.29, 1.82) is 0 Å². The van der Waals surface area contributed by atoms with Gasteiger partial charge in [-0.05, 0) is 43.6 Å². The molecule has 8 heteroatoms. The maximum atomic E-state index is 10.7. The summed E-state index contributed by atoms with van der Waals surface area (Å²) < 4.78 is 2.05. The first-order valence-electron chi connectivity index (χ1n) is 10.3. The molecule has 5 rings (SSSR count). The van der Waals surface area contributed by atoms with Crippen LogP contribution in [0.1, 0.15) is 31.7 Å². The van der Waals surface area contributed by atoms with Crippen molar-refractivity contribution < 1.29 is 10.2 Å². The molecule has 28 heavy (non-hydrogen) atoms. The first-order chi connectivity index (χ1) is 13.7. The monoisotopic (exact) mass is 384 g/mol. The van der Waals surface area contributed by atoms with Crippen LogP contribution in [0.5, 0.6) is 0 Å². The van der Waals surface area contributed by atoms with Crippen LogP contribution in [0.4, 0.5) is 11.8 Å². The zero-order valence-electron chi connectivity index (χ0n) is 16.0. The summed E-state index contributed by atoms with van der Waals surface area (Å²) in [5.41, 5.74) is 0. The third-order valence-corrected chi connectivity index (χ3v) is 6.72. The quantitative estimate of drug-likeness (QED) is 0.818. The number of hydrogen-bond acceptors (Lipinski definition) is 7. The van der Waals surface area contributed by atoms with Gasteiger partial charge in [0, 0.05) is 44.8 Å². The number of rotatable bonds is 3. The molecule has 8 nitrogen and oxygen atoms in total. The van der Waals surface area contributed by atoms with Crippen molar-refractivity contribution in [2.45, 2.75) is 43.9 Å². The van der Waals surface area contributed by atoms with Crippen LogP contribution in [0, 0.1) is 11.8 Å². The lowest BCUT2D eigenvalue weighted by molar-refractivity contribution is 0.0358. The molecule has 0 bridgehead atoms. The van der Waals surface area contributed by atoms with Crippen molar-refractivity contribution in [3.63, 3.8) is 0 Å². The van der Waals surface area contributed by atoms with E-state index in [9.17, 15) is 10.2 Å². The molecule has 1 saturated carbocycles. The molecule has 2 aliphatic heterocycles. The van der Waals surface area contributed by atoms with Crippen molar-refractivity contribution in [2.75, 3.05) is 36.0 Å². The van der Waals surface area contributed by atoms with E-state index in [2.05, 4.69) is 19.8 Å². The molecule has 2 aromatic rings. The second-order valence-corrected chi connectivity index (χ2v) is 8.47. The maximum absolute atomic E-state index is 10.7. The number of anilines is 2. The summed E-state index contributed by atoms with van der Waals surface area (Å²) in [6.45, 7) is 3.51. The molecular weight excluding hydrogens is 356 g/mol. The van der Waals surface area contributed by atoms with Crippen molar-refractivity contribution in [3.8, 4) is 0 Å². The summed E-state index contributed by atoms with van der Waals surface area (Å²) >= 11 is 0. The van der Waals surface area contributed by atoms with Crippen molar-refractivity contribution >= 4 is 11.8 Å². The van der Waals surface area contributed by atoms with Gasteiger partial charge in [-0.3, -0.25) is 0 Å². The highest BCUT2D eigenvalue weighted by molar-refractivity contribution is 5.45. The van der Waals surface area contributed by atoms with Crippen LogP contribution in [0.2, 0.25) is 0 Å². The Hall–Kier alpha value is -2.19. The summed E-state index contributed by atoms with van der Waals surface area (Å²) in [4.78, 5) is 18.0. The highest BCUT2D eigenvalue weighted by atomic mass is 16.3. The number of aliphatic hydroxyl groups excluding tert-OH is 2. The molecule has 0 unspecified atom stereocenters. The predicted octanol–water partition coefficient (Wildman–Crippen LogP) is 1.08. The Morgan fingerprint density at radius 3 is 2.50 bits per heavy atom. The number of aliphatic hydroxyl groups is 2. The van der Waals surface area contributed by atoms with E-state index in [4.69, 9.17) is 4.98 Å². The van der Waals surface area contributed by atoms with Gasteiger partial charge in [-0.2, -0.15) is 4.98 Å². The second-order valence-electron chi connectivity index (χ2n) is 8.47. The number of piperidine rings is 1. The van der Waals surface area contributed by atoms with E-state index in [1.54, 1.807) is 6.20 Å². The van der Waals surface area contributed by atoms with Crippen LogP contribution in [0.3, 0.4) is 0 Å². The molecule has 3 fully saturated rings. The molecule has 2 aromatic heterocycles. The number of nitrogens with zero attached hydrogens (tertiary/aromatic N) is 6.